The zero-order valence-electron chi connectivity index (χ0n) is 13.6. The van der Waals surface area contributed by atoms with Gasteiger partial charge in [0.1, 0.15) is 5.75 Å². The van der Waals surface area contributed by atoms with Crippen molar-refractivity contribution in [2.45, 2.75) is 20.3 Å². The summed E-state index contributed by atoms with van der Waals surface area (Å²) in [7, 11) is 1.68. The second kappa shape index (κ2) is 10.5. The maximum atomic E-state index is 10.8. The predicted octanol–water partition coefficient (Wildman–Crippen LogP) is 0.929. The van der Waals surface area contributed by atoms with Gasteiger partial charge in [-0.3, -0.25) is 9.79 Å². The number of para-hydroxylation sites is 1. The van der Waals surface area contributed by atoms with Crippen LogP contribution in [0.3, 0.4) is 0 Å². The molecule has 0 aromatic heterocycles. The molecule has 0 aliphatic rings. The van der Waals surface area contributed by atoms with E-state index in [9.17, 15) is 4.79 Å². The van der Waals surface area contributed by atoms with Gasteiger partial charge in [-0.2, -0.15) is 0 Å². The van der Waals surface area contributed by atoms with Crippen molar-refractivity contribution in [3.05, 3.63) is 29.8 Å². The maximum Gasteiger partial charge on any atom is 0.216 e. The van der Waals surface area contributed by atoms with Crippen LogP contribution in [0.1, 0.15) is 19.4 Å². The summed E-state index contributed by atoms with van der Waals surface area (Å²) in [6.07, 6.45) is 0.812. The number of aliphatic imine (C=N–C) groups is 1. The minimum Gasteiger partial charge on any atom is -0.496 e. The van der Waals surface area contributed by atoms with E-state index in [1.807, 2.05) is 31.2 Å². The molecule has 0 saturated heterocycles. The van der Waals surface area contributed by atoms with Crippen LogP contribution in [-0.4, -0.2) is 45.2 Å². The molecule has 3 N–H and O–H groups in total. The highest BCUT2D eigenvalue weighted by Crippen LogP contribution is 2.17. The van der Waals surface area contributed by atoms with Gasteiger partial charge in [-0.25, -0.2) is 0 Å². The molecule has 6 heteroatoms. The third-order valence-corrected chi connectivity index (χ3v) is 2.98. The van der Waals surface area contributed by atoms with E-state index in [2.05, 4.69) is 20.9 Å². The fraction of sp³-hybridized carbons (Fsp3) is 0.500. The molecule has 0 saturated carbocycles. The second-order valence-electron chi connectivity index (χ2n) is 4.73. The highest BCUT2D eigenvalue weighted by molar-refractivity contribution is 5.79. The minimum atomic E-state index is -0.0279. The Morgan fingerprint density at radius 3 is 2.59 bits per heavy atom. The number of nitrogens with zero attached hydrogens (tertiary/aromatic N) is 1. The van der Waals surface area contributed by atoms with Crippen LogP contribution in [0, 0.1) is 0 Å². The topological polar surface area (TPSA) is 74.8 Å². The predicted molar refractivity (Wildman–Crippen MR) is 89.4 cm³/mol. The number of ether oxygens (including phenoxy) is 1. The van der Waals surface area contributed by atoms with Gasteiger partial charge >= 0.3 is 0 Å². The van der Waals surface area contributed by atoms with E-state index in [1.165, 1.54) is 6.92 Å². The zero-order chi connectivity index (χ0) is 16.2. The van der Waals surface area contributed by atoms with Crippen molar-refractivity contribution in [1.29, 1.82) is 0 Å². The van der Waals surface area contributed by atoms with Gasteiger partial charge in [0.2, 0.25) is 5.91 Å². The summed E-state index contributed by atoms with van der Waals surface area (Å²) in [5.41, 5.74) is 1.14. The number of benzene rings is 1. The van der Waals surface area contributed by atoms with Crippen LogP contribution in [0.25, 0.3) is 0 Å². The Kier molecular flexibility index (Phi) is 8.49. The monoisotopic (exact) mass is 306 g/mol. The molecule has 0 atom stereocenters. The molecular formula is C16H26N4O2. The van der Waals surface area contributed by atoms with Gasteiger partial charge in [0, 0.05) is 33.1 Å². The van der Waals surface area contributed by atoms with E-state index in [0.29, 0.717) is 19.6 Å². The molecule has 1 rings (SSSR count). The molecule has 6 nitrogen and oxygen atoms in total. The van der Waals surface area contributed by atoms with Crippen molar-refractivity contribution < 1.29 is 9.53 Å². The molecular weight excluding hydrogens is 280 g/mol. The Morgan fingerprint density at radius 2 is 1.91 bits per heavy atom. The van der Waals surface area contributed by atoms with E-state index in [-0.39, 0.29) is 5.91 Å². The Bertz CT molecular complexity index is 489. The number of amides is 1. The van der Waals surface area contributed by atoms with Crippen LogP contribution >= 0.6 is 0 Å². The Hall–Kier alpha value is -2.24. The summed E-state index contributed by atoms with van der Waals surface area (Å²) < 4.78 is 5.33. The highest BCUT2D eigenvalue weighted by atomic mass is 16.5. The van der Waals surface area contributed by atoms with Crippen LogP contribution in [0.4, 0.5) is 0 Å². The summed E-state index contributed by atoms with van der Waals surface area (Å²) in [6, 6.07) is 7.96. The van der Waals surface area contributed by atoms with Gasteiger partial charge in [-0.1, -0.05) is 18.2 Å². The molecule has 22 heavy (non-hydrogen) atoms. The van der Waals surface area contributed by atoms with E-state index < -0.39 is 0 Å². The highest BCUT2D eigenvalue weighted by Gasteiger charge is 2.01. The van der Waals surface area contributed by atoms with Crippen LogP contribution in [0.15, 0.2) is 29.3 Å². The first-order chi connectivity index (χ1) is 10.7. The van der Waals surface area contributed by atoms with E-state index in [1.54, 1.807) is 7.11 Å². The van der Waals surface area contributed by atoms with Crippen molar-refractivity contribution in [3.63, 3.8) is 0 Å². The molecule has 0 aliphatic heterocycles. The summed E-state index contributed by atoms with van der Waals surface area (Å²) in [4.78, 5) is 15.3. The summed E-state index contributed by atoms with van der Waals surface area (Å²) in [5, 5.41) is 9.10. The average molecular weight is 306 g/mol. The van der Waals surface area contributed by atoms with Gasteiger partial charge in [0.15, 0.2) is 5.96 Å². The third kappa shape index (κ3) is 6.97. The number of methoxy groups -OCH3 is 1. The van der Waals surface area contributed by atoms with Gasteiger partial charge in [0.25, 0.3) is 0 Å². The summed E-state index contributed by atoms with van der Waals surface area (Å²) in [5.74, 6) is 1.61. The lowest BCUT2D eigenvalue weighted by atomic mass is 10.1. The van der Waals surface area contributed by atoms with E-state index in [0.717, 1.165) is 30.2 Å². The third-order valence-electron chi connectivity index (χ3n) is 2.98. The van der Waals surface area contributed by atoms with Crippen LogP contribution < -0.4 is 20.7 Å². The molecule has 0 aliphatic carbocycles. The normalized spacial score (nSPS) is 11.0. The second-order valence-corrected chi connectivity index (χ2v) is 4.73. The molecule has 0 bridgehead atoms. The molecule has 1 amide bonds. The maximum absolute atomic E-state index is 10.8. The van der Waals surface area contributed by atoms with Crippen molar-refractivity contribution in [2.75, 3.05) is 33.3 Å². The SMILES string of the molecule is CCNC(=NCCc1ccccc1OC)NCCNC(C)=O. The lowest BCUT2D eigenvalue weighted by molar-refractivity contribution is -0.118. The molecule has 0 heterocycles. The number of carbonyl (C=O) groups is 1. The van der Waals surface area contributed by atoms with Crippen LogP contribution in [0.5, 0.6) is 5.75 Å². The molecule has 1 aromatic rings. The van der Waals surface area contributed by atoms with Gasteiger partial charge in [0.05, 0.1) is 7.11 Å². The fourth-order valence-electron chi connectivity index (χ4n) is 1.96. The number of guanidine groups is 1. The first kappa shape index (κ1) is 17.8. The Labute approximate surface area is 132 Å². The van der Waals surface area contributed by atoms with E-state index in [4.69, 9.17) is 4.74 Å². The molecule has 0 spiro atoms. The quantitative estimate of drug-likeness (QED) is 0.379. The van der Waals surface area contributed by atoms with Crippen LogP contribution in [-0.2, 0) is 11.2 Å². The van der Waals surface area contributed by atoms with Crippen molar-refractivity contribution in [2.24, 2.45) is 4.99 Å². The number of nitrogens with one attached hydrogen (secondary N) is 3. The Morgan fingerprint density at radius 1 is 1.18 bits per heavy atom. The summed E-state index contributed by atoms with van der Waals surface area (Å²) in [6.45, 7) is 6.20. The standard InChI is InChI=1S/C16H26N4O2/c1-4-17-16(20-12-11-18-13(2)21)19-10-9-14-7-5-6-8-15(14)22-3/h5-8H,4,9-12H2,1-3H3,(H,18,21)(H2,17,19,20). The molecule has 0 radical (unpaired) electrons. The lowest BCUT2D eigenvalue weighted by Crippen LogP contribution is -2.41. The van der Waals surface area contributed by atoms with Gasteiger partial charge < -0.3 is 20.7 Å². The first-order valence-corrected chi connectivity index (χ1v) is 7.56. The minimum absolute atomic E-state index is 0.0279. The smallest absolute Gasteiger partial charge is 0.216 e. The first-order valence-electron chi connectivity index (χ1n) is 7.56. The molecule has 122 valence electrons. The largest absolute Gasteiger partial charge is 0.496 e. The number of hydrogen-bond donors (Lipinski definition) is 3. The van der Waals surface area contributed by atoms with Crippen LogP contribution in [0.2, 0.25) is 0 Å². The number of hydrogen-bond acceptors (Lipinski definition) is 3. The molecule has 1 aromatic carbocycles. The van der Waals surface area contributed by atoms with Crippen molar-refractivity contribution in [3.8, 4) is 5.75 Å². The number of carbonyl (C=O) groups excluding carboxylic acids is 1. The van der Waals surface area contributed by atoms with Crippen molar-refractivity contribution in [1.82, 2.24) is 16.0 Å². The average Bonchev–Trinajstić information content (AvgIpc) is 2.51. The molecule has 0 unspecified atom stereocenters. The van der Waals surface area contributed by atoms with Gasteiger partial charge in [-0.05, 0) is 25.0 Å². The number of rotatable bonds is 8. The van der Waals surface area contributed by atoms with Crippen molar-refractivity contribution >= 4 is 11.9 Å². The zero-order valence-corrected chi connectivity index (χ0v) is 13.6. The summed E-state index contributed by atoms with van der Waals surface area (Å²) >= 11 is 0. The van der Waals surface area contributed by atoms with Gasteiger partial charge in [-0.15, -0.1) is 0 Å². The lowest BCUT2D eigenvalue weighted by Gasteiger charge is -2.12. The van der Waals surface area contributed by atoms with E-state index >= 15 is 0 Å². The Balaban J connectivity index is 2.46. The molecule has 0 fully saturated rings. The fourth-order valence-corrected chi connectivity index (χ4v) is 1.96.